The molecule has 13 rings (SSSR count). The minimum absolute atomic E-state index is 0.622. The molecule has 10 aromatic carbocycles. The summed E-state index contributed by atoms with van der Waals surface area (Å²) in [6, 6.07) is 62.9. The van der Waals surface area contributed by atoms with Crippen molar-refractivity contribution in [2.75, 3.05) is 0 Å². The van der Waals surface area contributed by atoms with Gasteiger partial charge < -0.3 is 4.42 Å². The number of nitrogens with zero attached hydrogens (tertiary/aromatic N) is 3. The van der Waals surface area contributed by atoms with Crippen LogP contribution in [0.2, 0.25) is 0 Å². The minimum Gasteiger partial charge on any atom is -0.456 e. The van der Waals surface area contributed by atoms with Crippen LogP contribution in [-0.4, -0.2) is 14.5 Å². The van der Waals surface area contributed by atoms with Gasteiger partial charge in [0, 0.05) is 54.7 Å². The summed E-state index contributed by atoms with van der Waals surface area (Å²) in [7, 11) is 0. The van der Waals surface area contributed by atoms with Gasteiger partial charge in [-0.25, -0.2) is 9.97 Å². The van der Waals surface area contributed by atoms with Crippen LogP contribution in [0.5, 0.6) is 0 Å². The third kappa shape index (κ3) is 3.92. The summed E-state index contributed by atoms with van der Waals surface area (Å²) in [6.45, 7) is 0. The van der Waals surface area contributed by atoms with Crippen molar-refractivity contribution in [3.63, 3.8) is 0 Å². The Labute approximate surface area is 319 Å². The third-order valence-corrected chi connectivity index (χ3v) is 11.9. The molecule has 4 heteroatoms. The van der Waals surface area contributed by atoms with E-state index >= 15 is 0 Å². The summed E-state index contributed by atoms with van der Waals surface area (Å²) in [5, 5.41) is 17.5. The molecule has 4 nitrogen and oxygen atoms in total. The van der Waals surface area contributed by atoms with Crippen molar-refractivity contribution in [2.45, 2.75) is 0 Å². The van der Waals surface area contributed by atoms with Gasteiger partial charge in [0.25, 0.3) is 0 Å². The second-order valence-corrected chi connectivity index (χ2v) is 14.8. The van der Waals surface area contributed by atoms with E-state index in [1.165, 1.54) is 48.5 Å². The van der Waals surface area contributed by atoms with E-state index in [9.17, 15) is 0 Å². The van der Waals surface area contributed by atoms with Gasteiger partial charge in [-0.1, -0.05) is 152 Å². The first-order chi connectivity index (χ1) is 27.8. The first-order valence-corrected chi connectivity index (χ1v) is 19.1. The van der Waals surface area contributed by atoms with Gasteiger partial charge in [-0.2, -0.15) is 0 Å². The standard InChI is InChI=1S/C52H29N3O/c1-2-15-31(16-3-1)49-40-27-26-30-14-4-5-17-32(30)50(40)54-52(53-49)55-43-29-45-41(35-20-12-13-25-44(35)56-45)28-42(43)47-39-24-11-10-23-38(39)46-36-21-8-6-18-33(36)34-19-7-9-22-37(34)48(46)51(47)55/h1-29H. The van der Waals surface area contributed by atoms with Crippen LogP contribution in [0.25, 0.3) is 126 Å². The monoisotopic (exact) mass is 711 g/mol. The summed E-state index contributed by atoms with van der Waals surface area (Å²) in [6.07, 6.45) is 0. The highest BCUT2D eigenvalue weighted by Gasteiger charge is 2.26. The predicted molar refractivity (Wildman–Crippen MR) is 234 cm³/mol. The molecule has 0 fully saturated rings. The molecule has 0 amide bonds. The maximum Gasteiger partial charge on any atom is 0.235 e. The average Bonchev–Trinajstić information content (AvgIpc) is 3.80. The number of aromatic nitrogens is 3. The minimum atomic E-state index is 0.622. The normalized spacial score (nSPS) is 12.3. The molecule has 0 saturated carbocycles. The summed E-state index contributed by atoms with van der Waals surface area (Å²) in [4.78, 5) is 11.2. The van der Waals surface area contributed by atoms with E-state index in [1.807, 2.05) is 6.07 Å². The Morgan fingerprint density at radius 1 is 0.375 bits per heavy atom. The first-order valence-electron chi connectivity index (χ1n) is 19.1. The van der Waals surface area contributed by atoms with Crippen molar-refractivity contribution < 1.29 is 4.42 Å². The molecular weight excluding hydrogens is 683 g/mol. The summed E-state index contributed by atoms with van der Waals surface area (Å²) < 4.78 is 8.95. The van der Waals surface area contributed by atoms with Crippen LogP contribution in [0.3, 0.4) is 0 Å². The Bertz CT molecular complexity index is 3820. The molecule has 0 radical (unpaired) electrons. The molecule has 0 atom stereocenters. The number of para-hydroxylation sites is 1. The highest BCUT2D eigenvalue weighted by molar-refractivity contribution is 6.42. The zero-order valence-corrected chi connectivity index (χ0v) is 30.0. The highest BCUT2D eigenvalue weighted by atomic mass is 16.3. The van der Waals surface area contributed by atoms with E-state index in [2.05, 4.69) is 174 Å². The molecule has 3 heterocycles. The fraction of sp³-hybridized carbons (Fsp3) is 0. The van der Waals surface area contributed by atoms with E-state index in [0.29, 0.717) is 5.95 Å². The average molecular weight is 712 g/mol. The van der Waals surface area contributed by atoms with Crippen LogP contribution >= 0.6 is 0 Å². The number of furan rings is 1. The summed E-state index contributed by atoms with van der Waals surface area (Å²) in [5.74, 6) is 0.622. The summed E-state index contributed by atoms with van der Waals surface area (Å²) in [5.41, 5.74) is 6.67. The topological polar surface area (TPSA) is 43.9 Å². The number of fused-ring (bicyclic) bond motifs is 19. The van der Waals surface area contributed by atoms with Crippen molar-refractivity contribution >= 4 is 109 Å². The van der Waals surface area contributed by atoms with Crippen LogP contribution in [0.15, 0.2) is 180 Å². The van der Waals surface area contributed by atoms with Gasteiger partial charge in [-0.05, 0) is 55.9 Å². The Kier molecular flexibility index (Phi) is 5.86. The molecule has 0 spiro atoms. The van der Waals surface area contributed by atoms with Gasteiger partial charge >= 0.3 is 0 Å². The Morgan fingerprint density at radius 2 is 0.964 bits per heavy atom. The van der Waals surface area contributed by atoms with Crippen LogP contribution in [0.4, 0.5) is 0 Å². The van der Waals surface area contributed by atoms with Crippen LogP contribution < -0.4 is 0 Å². The van der Waals surface area contributed by atoms with Gasteiger partial charge in [0.1, 0.15) is 11.2 Å². The van der Waals surface area contributed by atoms with Crippen molar-refractivity contribution in [1.29, 1.82) is 0 Å². The fourth-order valence-corrected chi connectivity index (χ4v) is 9.58. The Balaban J connectivity index is 1.34. The van der Waals surface area contributed by atoms with Crippen LogP contribution in [0.1, 0.15) is 0 Å². The first kappa shape index (κ1) is 29.8. The predicted octanol–water partition coefficient (Wildman–Crippen LogP) is 14.1. The van der Waals surface area contributed by atoms with E-state index in [-0.39, 0.29) is 0 Å². The molecule has 0 aliphatic heterocycles. The van der Waals surface area contributed by atoms with Crippen molar-refractivity contribution in [3.8, 4) is 17.2 Å². The lowest BCUT2D eigenvalue weighted by Gasteiger charge is -2.17. The lowest BCUT2D eigenvalue weighted by atomic mass is 9.89. The quantitative estimate of drug-likeness (QED) is 0.168. The molecule has 13 aromatic rings. The number of hydrogen-bond acceptors (Lipinski definition) is 3. The number of benzene rings is 10. The summed E-state index contributed by atoms with van der Waals surface area (Å²) >= 11 is 0. The molecule has 56 heavy (non-hydrogen) atoms. The second-order valence-electron chi connectivity index (χ2n) is 14.8. The van der Waals surface area contributed by atoms with Gasteiger partial charge in [-0.3, -0.25) is 4.57 Å². The molecular formula is C52H29N3O. The van der Waals surface area contributed by atoms with E-state index in [0.717, 1.165) is 71.3 Å². The Morgan fingerprint density at radius 3 is 1.71 bits per heavy atom. The maximum atomic E-state index is 6.62. The number of rotatable bonds is 2. The molecule has 0 aliphatic carbocycles. The lowest BCUT2D eigenvalue weighted by Crippen LogP contribution is -2.04. The van der Waals surface area contributed by atoms with Gasteiger partial charge in [0.2, 0.25) is 5.95 Å². The Hall–Kier alpha value is -7.56. The molecule has 0 bridgehead atoms. The molecule has 258 valence electrons. The van der Waals surface area contributed by atoms with Gasteiger partial charge in [0.05, 0.1) is 22.2 Å². The molecule has 0 saturated heterocycles. The largest absolute Gasteiger partial charge is 0.456 e. The zero-order valence-electron chi connectivity index (χ0n) is 30.0. The smallest absolute Gasteiger partial charge is 0.235 e. The molecule has 3 aromatic heterocycles. The van der Waals surface area contributed by atoms with Gasteiger partial charge in [-0.15, -0.1) is 0 Å². The fourth-order valence-electron chi connectivity index (χ4n) is 9.58. The molecule has 0 aliphatic rings. The lowest BCUT2D eigenvalue weighted by molar-refractivity contribution is 0.669. The second kappa shape index (κ2) is 11.0. The zero-order chi connectivity index (χ0) is 36.5. The van der Waals surface area contributed by atoms with E-state index < -0.39 is 0 Å². The molecule has 0 N–H and O–H groups in total. The maximum absolute atomic E-state index is 6.62. The van der Waals surface area contributed by atoms with Crippen molar-refractivity contribution in [3.05, 3.63) is 176 Å². The van der Waals surface area contributed by atoms with E-state index in [1.54, 1.807) is 0 Å². The van der Waals surface area contributed by atoms with Crippen LogP contribution in [-0.2, 0) is 0 Å². The number of hydrogen-bond donors (Lipinski definition) is 0. The van der Waals surface area contributed by atoms with Crippen molar-refractivity contribution in [1.82, 2.24) is 14.5 Å². The van der Waals surface area contributed by atoms with Crippen molar-refractivity contribution in [2.24, 2.45) is 0 Å². The van der Waals surface area contributed by atoms with E-state index in [4.69, 9.17) is 14.4 Å². The SMILES string of the molecule is c1ccc(-c2nc(-n3c4cc5oc6ccccc6c5cc4c4c5ccccc5c5c6ccccc6c6ccccc6c5c43)nc3c2ccc2ccccc23)cc1. The third-order valence-electron chi connectivity index (χ3n) is 11.9. The molecule has 0 unspecified atom stereocenters. The van der Waals surface area contributed by atoms with Gasteiger partial charge in [0.15, 0.2) is 0 Å². The van der Waals surface area contributed by atoms with Crippen LogP contribution in [0, 0.1) is 0 Å². The highest BCUT2D eigenvalue weighted by Crippen LogP contribution is 2.49.